The molecule has 1 aromatic rings. The van der Waals surface area contributed by atoms with Gasteiger partial charge < -0.3 is 19.9 Å². The molecular weight excluding hydrogens is 266 g/mol. The third-order valence-electron chi connectivity index (χ3n) is 3.37. The molecule has 0 heterocycles. The first-order valence-electron chi connectivity index (χ1n) is 7.47. The van der Waals surface area contributed by atoms with Gasteiger partial charge in [-0.2, -0.15) is 0 Å². The van der Waals surface area contributed by atoms with E-state index >= 15 is 0 Å². The van der Waals surface area contributed by atoms with Crippen LogP contribution in [-0.4, -0.2) is 31.5 Å². The van der Waals surface area contributed by atoms with E-state index in [9.17, 15) is 5.11 Å². The molecule has 2 N–H and O–H groups in total. The summed E-state index contributed by atoms with van der Waals surface area (Å²) < 4.78 is 11.1. The average Bonchev–Trinajstić information content (AvgIpc) is 2.50. The fraction of sp³-hybridized carbons (Fsp3) is 0.529. The van der Waals surface area contributed by atoms with Crippen molar-refractivity contribution in [1.82, 2.24) is 5.32 Å². The van der Waals surface area contributed by atoms with Gasteiger partial charge in [0.2, 0.25) is 0 Å². The summed E-state index contributed by atoms with van der Waals surface area (Å²) in [4.78, 5) is 0. The molecule has 0 spiro atoms. The van der Waals surface area contributed by atoms with Crippen molar-refractivity contribution in [1.29, 1.82) is 0 Å². The third kappa shape index (κ3) is 5.06. The van der Waals surface area contributed by atoms with Crippen molar-refractivity contribution in [2.24, 2.45) is 0 Å². The Morgan fingerprint density at radius 1 is 1.38 bits per heavy atom. The molecule has 0 aromatic heterocycles. The minimum atomic E-state index is 0.116. The molecule has 4 nitrogen and oxygen atoms in total. The zero-order chi connectivity index (χ0) is 15.7. The standard InChI is InChI=1S/C17H27NO3/c1-5-8-14-9-13(11-18-15(6-2)12-19)10-16(20-4)17(14)21-7-3/h5,9-10,15,18-19H,1,6-8,11-12H2,2-4H3/t15-/m0/s1. The Morgan fingerprint density at radius 2 is 2.14 bits per heavy atom. The van der Waals surface area contributed by atoms with Gasteiger partial charge in [0.15, 0.2) is 11.5 Å². The van der Waals surface area contributed by atoms with E-state index < -0.39 is 0 Å². The van der Waals surface area contributed by atoms with Gasteiger partial charge in [0, 0.05) is 18.2 Å². The lowest BCUT2D eigenvalue weighted by Crippen LogP contribution is -2.31. The van der Waals surface area contributed by atoms with Crippen LogP contribution in [0.15, 0.2) is 24.8 Å². The SMILES string of the molecule is C=CCc1cc(CN[C@@H](CC)CO)cc(OC)c1OCC. The Hall–Kier alpha value is -1.52. The van der Waals surface area contributed by atoms with Gasteiger partial charge in [0.05, 0.1) is 20.3 Å². The van der Waals surface area contributed by atoms with Gasteiger partial charge in [0.25, 0.3) is 0 Å². The van der Waals surface area contributed by atoms with Crippen molar-refractivity contribution >= 4 is 0 Å². The Morgan fingerprint density at radius 3 is 2.67 bits per heavy atom. The van der Waals surface area contributed by atoms with Crippen LogP contribution in [-0.2, 0) is 13.0 Å². The first kappa shape index (κ1) is 17.5. The summed E-state index contributed by atoms with van der Waals surface area (Å²) in [7, 11) is 1.65. The number of allylic oxidation sites excluding steroid dienone is 1. The maximum atomic E-state index is 9.24. The largest absolute Gasteiger partial charge is 0.493 e. The summed E-state index contributed by atoms with van der Waals surface area (Å²) in [6.07, 6.45) is 3.48. The summed E-state index contributed by atoms with van der Waals surface area (Å²) in [6, 6.07) is 4.20. The topological polar surface area (TPSA) is 50.7 Å². The zero-order valence-corrected chi connectivity index (χ0v) is 13.3. The molecule has 4 heteroatoms. The van der Waals surface area contributed by atoms with E-state index in [4.69, 9.17) is 9.47 Å². The van der Waals surface area contributed by atoms with Crippen LogP contribution < -0.4 is 14.8 Å². The van der Waals surface area contributed by atoms with E-state index in [0.717, 1.165) is 35.5 Å². The van der Waals surface area contributed by atoms with E-state index in [-0.39, 0.29) is 12.6 Å². The predicted octanol–water partition coefficient (Wildman–Crippen LogP) is 2.68. The van der Waals surface area contributed by atoms with Crippen molar-refractivity contribution in [3.05, 3.63) is 35.9 Å². The predicted molar refractivity (Wildman–Crippen MR) is 86.1 cm³/mol. The molecule has 0 radical (unpaired) electrons. The number of ether oxygens (including phenoxy) is 2. The Kier molecular flexibility index (Phi) is 7.87. The van der Waals surface area contributed by atoms with Crippen LogP contribution in [0.2, 0.25) is 0 Å². The fourth-order valence-electron chi connectivity index (χ4n) is 2.19. The molecule has 118 valence electrons. The Labute approximate surface area is 127 Å². The quantitative estimate of drug-likeness (QED) is 0.651. The maximum Gasteiger partial charge on any atom is 0.164 e. The summed E-state index contributed by atoms with van der Waals surface area (Å²) in [5.41, 5.74) is 2.18. The number of benzene rings is 1. The van der Waals surface area contributed by atoms with Gasteiger partial charge in [-0.3, -0.25) is 0 Å². The van der Waals surface area contributed by atoms with E-state index in [1.807, 2.05) is 19.1 Å². The lowest BCUT2D eigenvalue weighted by atomic mass is 10.0. The van der Waals surface area contributed by atoms with Crippen molar-refractivity contribution in [2.45, 2.75) is 39.3 Å². The van der Waals surface area contributed by atoms with E-state index in [2.05, 4.69) is 24.9 Å². The average molecular weight is 293 g/mol. The van der Waals surface area contributed by atoms with Crippen molar-refractivity contribution in [2.75, 3.05) is 20.3 Å². The highest BCUT2D eigenvalue weighted by Gasteiger charge is 2.13. The van der Waals surface area contributed by atoms with Gasteiger partial charge in [-0.15, -0.1) is 6.58 Å². The summed E-state index contributed by atoms with van der Waals surface area (Å²) in [6.45, 7) is 9.23. The molecule has 0 aliphatic rings. The second-order valence-corrected chi connectivity index (χ2v) is 4.88. The smallest absolute Gasteiger partial charge is 0.164 e. The minimum absolute atomic E-state index is 0.116. The summed E-state index contributed by atoms with van der Waals surface area (Å²) in [5, 5.41) is 12.6. The molecule has 0 fully saturated rings. The molecule has 21 heavy (non-hydrogen) atoms. The van der Waals surface area contributed by atoms with Crippen LogP contribution in [0, 0.1) is 0 Å². The van der Waals surface area contributed by atoms with Crippen LogP contribution in [0.25, 0.3) is 0 Å². The van der Waals surface area contributed by atoms with Crippen LogP contribution in [0.1, 0.15) is 31.4 Å². The summed E-state index contributed by atoms with van der Waals surface area (Å²) in [5.74, 6) is 1.53. The van der Waals surface area contributed by atoms with Gasteiger partial charge in [0.1, 0.15) is 0 Å². The highest BCUT2D eigenvalue weighted by Crippen LogP contribution is 2.33. The lowest BCUT2D eigenvalue weighted by molar-refractivity contribution is 0.238. The first-order valence-corrected chi connectivity index (χ1v) is 7.47. The third-order valence-corrected chi connectivity index (χ3v) is 3.37. The molecule has 0 saturated carbocycles. The molecule has 1 atom stereocenters. The van der Waals surface area contributed by atoms with Crippen molar-refractivity contribution in [3.63, 3.8) is 0 Å². The van der Waals surface area contributed by atoms with Gasteiger partial charge in [-0.1, -0.05) is 19.1 Å². The molecule has 0 unspecified atom stereocenters. The van der Waals surface area contributed by atoms with E-state index in [1.54, 1.807) is 7.11 Å². The normalized spacial score (nSPS) is 12.0. The Balaban J connectivity index is 2.99. The summed E-state index contributed by atoms with van der Waals surface area (Å²) >= 11 is 0. The number of nitrogens with one attached hydrogen (secondary N) is 1. The first-order chi connectivity index (χ1) is 10.2. The Bertz CT molecular complexity index is 442. The molecular formula is C17H27NO3. The second kappa shape index (κ2) is 9.42. The molecule has 1 rings (SSSR count). The fourth-order valence-corrected chi connectivity index (χ4v) is 2.19. The number of aliphatic hydroxyl groups excluding tert-OH is 1. The van der Waals surface area contributed by atoms with Crippen LogP contribution in [0.5, 0.6) is 11.5 Å². The maximum absolute atomic E-state index is 9.24. The van der Waals surface area contributed by atoms with Gasteiger partial charge >= 0.3 is 0 Å². The number of rotatable bonds is 10. The minimum Gasteiger partial charge on any atom is -0.493 e. The van der Waals surface area contributed by atoms with E-state index in [0.29, 0.717) is 13.2 Å². The molecule has 0 saturated heterocycles. The lowest BCUT2D eigenvalue weighted by Gasteiger charge is -2.18. The van der Waals surface area contributed by atoms with Crippen molar-refractivity contribution in [3.8, 4) is 11.5 Å². The van der Waals surface area contributed by atoms with Gasteiger partial charge in [-0.25, -0.2) is 0 Å². The molecule has 0 amide bonds. The highest BCUT2D eigenvalue weighted by molar-refractivity contribution is 5.50. The number of hydrogen-bond donors (Lipinski definition) is 2. The second-order valence-electron chi connectivity index (χ2n) is 4.88. The number of methoxy groups -OCH3 is 1. The number of aliphatic hydroxyl groups is 1. The monoisotopic (exact) mass is 293 g/mol. The zero-order valence-electron chi connectivity index (χ0n) is 13.3. The molecule has 1 aromatic carbocycles. The molecule has 0 aliphatic carbocycles. The van der Waals surface area contributed by atoms with Crippen LogP contribution in [0.4, 0.5) is 0 Å². The number of hydrogen-bond acceptors (Lipinski definition) is 4. The van der Waals surface area contributed by atoms with Crippen LogP contribution in [0.3, 0.4) is 0 Å². The van der Waals surface area contributed by atoms with E-state index in [1.165, 1.54) is 0 Å². The highest BCUT2D eigenvalue weighted by atomic mass is 16.5. The van der Waals surface area contributed by atoms with Gasteiger partial charge in [-0.05, 0) is 31.4 Å². The molecule has 0 bridgehead atoms. The molecule has 0 aliphatic heterocycles. The van der Waals surface area contributed by atoms with Crippen molar-refractivity contribution < 1.29 is 14.6 Å². The van der Waals surface area contributed by atoms with Crippen LogP contribution >= 0.6 is 0 Å².